The Labute approximate surface area is 122 Å². The van der Waals surface area contributed by atoms with Gasteiger partial charge < -0.3 is 15.8 Å². The average Bonchev–Trinajstić information content (AvgIpc) is 2.64. The smallest absolute Gasteiger partial charge is 0.387 e. The van der Waals surface area contributed by atoms with Gasteiger partial charge in [-0.25, -0.2) is 0 Å². The fraction of sp³-hybridized carbons (Fsp3) is 0.533. The summed E-state index contributed by atoms with van der Waals surface area (Å²) in [6.45, 7) is -2.87. The van der Waals surface area contributed by atoms with Gasteiger partial charge in [-0.3, -0.25) is 4.79 Å². The number of carbonyl (C=O) groups excluding carboxylic acids is 1. The van der Waals surface area contributed by atoms with Crippen LogP contribution in [0.1, 0.15) is 42.5 Å². The van der Waals surface area contributed by atoms with Crippen molar-refractivity contribution >= 4 is 5.91 Å². The predicted octanol–water partition coefficient (Wildman–Crippen LogP) is 2.68. The summed E-state index contributed by atoms with van der Waals surface area (Å²) in [6, 6.07) is 5.59. The fourth-order valence-corrected chi connectivity index (χ4v) is 2.56. The van der Waals surface area contributed by atoms with Crippen molar-refractivity contribution < 1.29 is 18.3 Å². The monoisotopic (exact) mass is 298 g/mol. The Morgan fingerprint density at radius 3 is 2.52 bits per heavy atom. The molecule has 21 heavy (non-hydrogen) atoms. The van der Waals surface area contributed by atoms with Crippen LogP contribution in [0.25, 0.3) is 0 Å². The molecule has 2 unspecified atom stereocenters. The van der Waals surface area contributed by atoms with Crippen LogP contribution in [0, 0.1) is 0 Å². The van der Waals surface area contributed by atoms with Crippen LogP contribution in [-0.2, 0) is 0 Å². The summed E-state index contributed by atoms with van der Waals surface area (Å²) in [5.41, 5.74) is 6.48. The van der Waals surface area contributed by atoms with Gasteiger partial charge in [0.15, 0.2) is 0 Å². The second-order valence-electron chi connectivity index (χ2n) is 5.28. The van der Waals surface area contributed by atoms with Gasteiger partial charge in [0.25, 0.3) is 5.91 Å². The minimum atomic E-state index is -2.87. The molecule has 1 saturated carbocycles. The Hall–Kier alpha value is -1.69. The molecule has 1 amide bonds. The molecule has 0 heterocycles. The lowest BCUT2D eigenvalue weighted by atomic mass is 10.0. The second-order valence-corrected chi connectivity index (χ2v) is 5.28. The first-order chi connectivity index (χ1) is 10.1. The molecule has 0 saturated heterocycles. The molecule has 1 aliphatic rings. The van der Waals surface area contributed by atoms with E-state index in [1.54, 1.807) is 0 Å². The Balaban J connectivity index is 1.96. The summed E-state index contributed by atoms with van der Waals surface area (Å²) in [4.78, 5) is 12.1. The lowest BCUT2D eigenvalue weighted by Crippen LogP contribution is -2.46. The van der Waals surface area contributed by atoms with Crippen LogP contribution in [-0.4, -0.2) is 24.6 Å². The van der Waals surface area contributed by atoms with E-state index in [2.05, 4.69) is 10.1 Å². The largest absolute Gasteiger partial charge is 0.435 e. The molecule has 1 aliphatic carbocycles. The molecule has 1 aromatic carbocycles. The maximum absolute atomic E-state index is 12.1. The van der Waals surface area contributed by atoms with Crippen LogP contribution in [0.15, 0.2) is 24.3 Å². The summed E-state index contributed by atoms with van der Waals surface area (Å²) in [5, 5.41) is 2.93. The van der Waals surface area contributed by atoms with Crippen LogP contribution in [0.3, 0.4) is 0 Å². The Kier molecular flexibility index (Phi) is 5.50. The van der Waals surface area contributed by atoms with E-state index in [0.29, 0.717) is 5.56 Å². The van der Waals surface area contributed by atoms with Crippen molar-refractivity contribution in [3.63, 3.8) is 0 Å². The Morgan fingerprint density at radius 2 is 1.86 bits per heavy atom. The van der Waals surface area contributed by atoms with Gasteiger partial charge in [0.1, 0.15) is 5.75 Å². The van der Waals surface area contributed by atoms with Crippen molar-refractivity contribution in [1.82, 2.24) is 5.32 Å². The van der Waals surface area contributed by atoms with Crippen LogP contribution in [0.4, 0.5) is 8.78 Å². The molecule has 1 fully saturated rings. The standard InChI is InChI=1S/C15H20F2N2O2/c16-15(17)21-11-8-6-10(7-9-11)14(20)19-13-5-3-1-2-4-12(13)18/h6-9,12-13,15H,1-5,18H2,(H,19,20). The maximum Gasteiger partial charge on any atom is 0.387 e. The highest BCUT2D eigenvalue weighted by molar-refractivity contribution is 5.94. The number of rotatable bonds is 4. The summed E-state index contributed by atoms with van der Waals surface area (Å²) in [6.07, 6.45) is 5.07. The van der Waals surface area contributed by atoms with E-state index in [9.17, 15) is 13.6 Å². The topological polar surface area (TPSA) is 64.3 Å². The van der Waals surface area contributed by atoms with E-state index in [1.165, 1.54) is 24.3 Å². The lowest BCUT2D eigenvalue weighted by molar-refractivity contribution is -0.0498. The van der Waals surface area contributed by atoms with Gasteiger partial charge >= 0.3 is 6.61 Å². The number of carbonyl (C=O) groups is 1. The highest BCUT2D eigenvalue weighted by Gasteiger charge is 2.22. The third kappa shape index (κ3) is 4.67. The first-order valence-corrected chi connectivity index (χ1v) is 7.17. The highest BCUT2D eigenvalue weighted by Crippen LogP contribution is 2.18. The van der Waals surface area contributed by atoms with Crippen molar-refractivity contribution in [3.8, 4) is 5.75 Å². The number of nitrogens with one attached hydrogen (secondary N) is 1. The Bertz CT molecular complexity index is 465. The van der Waals surface area contributed by atoms with Crippen molar-refractivity contribution in [3.05, 3.63) is 29.8 Å². The van der Waals surface area contributed by atoms with Crippen molar-refractivity contribution in [2.75, 3.05) is 0 Å². The SMILES string of the molecule is NC1CCCCCC1NC(=O)c1ccc(OC(F)F)cc1. The molecule has 116 valence electrons. The number of nitrogens with two attached hydrogens (primary N) is 1. The van der Waals surface area contributed by atoms with E-state index >= 15 is 0 Å². The number of alkyl halides is 2. The van der Waals surface area contributed by atoms with E-state index in [-0.39, 0.29) is 23.7 Å². The van der Waals surface area contributed by atoms with Gasteiger partial charge in [0.2, 0.25) is 0 Å². The fourth-order valence-electron chi connectivity index (χ4n) is 2.56. The van der Waals surface area contributed by atoms with E-state index in [4.69, 9.17) is 5.73 Å². The van der Waals surface area contributed by atoms with E-state index in [0.717, 1.165) is 32.1 Å². The molecule has 6 heteroatoms. The van der Waals surface area contributed by atoms with Crippen LogP contribution >= 0.6 is 0 Å². The molecule has 3 N–H and O–H groups in total. The molecule has 0 radical (unpaired) electrons. The molecular formula is C15H20F2N2O2. The number of ether oxygens (including phenoxy) is 1. The zero-order chi connectivity index (χ0) is 15.2. The number of benzene rings is 1. The highest BCUT2D eigenvalue weighted by atomic mass is 19.3. The van der Waals surface area contributed by atoms with Gasteiger partial charge in [-0.1, -0.05) is 19.3 Å². The first-order valence-electron chi connectivity index (χ1n) is 7.17. The lowest BCUT2D eigenvalue weighted by Gasteiger charge is -2.22. The van der Waals surface area contributed by atoms with E-state index < -0.39 is 6.61 Å². The third-order valence-electron chi connectivity index (χ3n) is 3.73. The van der Waals surface area contributed by atoms with Crippen LogP contribution in [0.5, 0.6) is 5.75 Å². The Morgan fingerprint density at radius 1 is 1.19 bits per heavy atom. The van der Waals surface area contributed by atoms with Crippen molar-refractivity contribution in [1.29, 1.82) is 0 Å². The zero-order valence-electron chi connectivity index (χ0n) is 11.7. The average molecular weight is 298 g/mol. The van der Waals surface area contributed by atoms with Crippen molar-refractivity contribution in [2.24, 2.45) is 5.73 Å². The van der Waals surface area contributed by atoms with Gasteiger partial charge in [-0.2, -0.15) is 8.78 Å². The summed E-state index contributed by atoms with van der Waals surface area (Å²) in [5.74, 6) is -0.200. The molecule has 0 spiro atoms. The molecule has 0 aliphatic heterocycles. The first kappa shape index (κ1) is 15.7. The molecule has 2 rings (SSSR count). The summed E-state index contributed by atoms with van der Waals surface area (Å²) >= 11 is 0. The summed E-state index contributed by atoms with van der Waals surface area (Å²) < 4.78 is 28.4. The summed E-state index contributed by atoms with van der Waals surface area (Å²) in [7, 11) is 0. The van der Waals surface area contributed by atoms with Crippen molar-refractivity contribution in [2.45, 2.75) is 50.8 Å². The molecule has 1 aromatic rings. The second kappa shape index (κ2) is 7.36. The van der Waals surface area contributed by atoms with Crippen LogP contribution in [0.2, 0.25) is 0 Å². The number of hydrogen-bond acceptors (Lipinski definition) is 3. The van der Waals surface area contributed by atoms with E-state index in [1.807, 2.05) is 0 Å². The van der Waals surface area contributed by atoms with Gasteiger partial charge in [-0.05, 0) is 37.1 Å². The van der Waals surface area contributed by atoms with Gasteiger partial charge in [0.05, 0.1) is 0 Å². The minimum Gasteiger partial charge on any atom is -0.435 e. The van der Waals surface area contributed by atoms with Crippen LogP contribution < -0.4 is 15.8 Å². The maximum atomic E-state index is 12.1. The number of amides is 1. The quantitative estimate of drug-likeness (QED) is 0.840. The third-order valence-corrected chi connectivity index (χ3v) is 3.73. The number of halogens is 2. The van der Waals surface area contributed by atoms with Gasteiger partial charge in [-0.15, -0.1) is 0 Å². The van der Waals surface area contributed by atoms with Gasteiger partial charge in [0, 0.05) is 17.6 Å². The number of hydrogen-bond donors (Lipinski definition) is 2. The normalized spacial score (nSPS) is 22.7. The molecular weight excluding hydrogens is 278 g/mol. The predicted molar refractivity (Wildman–Crippen MR) is 75.4 cm³/mol. The molecule has 2 atom stereocenters. The zero-order valence-corrected chi connectivity index (χ0v) is 11.7. The minimum absolute atomic E-state index is 0.0297. The molecule has 0 aromatic heterocycles. The molecule has 4 nitrogen and oxygen atoms in total. The molecule has 0 bridgehead atoms.